The number of nitrogens with zero attached hydrogens (tertiary/aromatic N) is 2. The summed E-state index contributed by atoms with van der Waals surface area (Å²) in [6.07, 6.45) is 10.9. The third-order valence-corrected chi connectivity index (χ3v) is 5.97. The Labute approximate surface area is 163 Å². The third kappa shape index (κ3) is 7.02. The van der Waals surface area contributed by atoms with Crippen LogP contribution in [0.4, 0.5) is 0 Å². The monoisotopic (exact) mass is 360 g/mol. The second-order valence-electron chi connectivity index (χ2n) is 9.98. The SMILES string of the molecule is C/C=C(CN(C)CCCC(C)(C)C)\C(=N/C)C1=CC(CC)C(C)(C)CC1. The van der Waals surface area contributed by atoms with E-state index in [4.69, 9.17) is 4.99 Å². The van der Waals surface area contributed by atoms with Crippen LogP contribution in [0, 0.1) is 16.7 Å². The fraction of sp³-hybridized carbons (Fsp3) is 0.792. The summed E-state index contributed by atoms with van der Waals surface area (Å²) in [5, 5.41) is 0. The molecule has 1 aliphatic carbocycles. The van der Waals surface area contributed by atoms with Gasteiger partial charge in [0.1, 0.15) is 0 Å². The van der Waals surface area contributed by atoms with Gasteiger partial charge in [-0.25, -0.2) is 0 Å². The molecule has 0 aromatic rings. The molecule has 0 amide bonds. The van der Waals surface area contributed by atoms with Crippen molar-refractivity contribution in [1.82, 2.24) is 4.90 Å². The molecule has 26 heavy (non-hydrogen) atoms. The number of aliphatic imine (C=N–C) groups is 1. The predicted molar refractivity (Wildman–Crippen MR) is 118 cm³/mol. The van der Waals surface area contributed by atoms with E-state index in [1.54, 1.807) is 0 Å². The summed E-state index contributed by atoms with van der Waals surface area (Å²) < 4.78 is 0. The van der Waals surface area contributed by atoms with E-state index in [0.717, 1.165) is 19.5 Å². The zero-order valence-electron chi connectivity index (χ0n) is 19.1. The molecule has 0 saturated carbocycles. The molecular formula is C24H44N2. The summed E-state index contributed by atoms with van der Waals surface area (Å²) in [4.78, 5) is 7.18. The quantitative estimate of drug-likeness (QED) is 0.449. The third-order valence-electron chi connectivity index (χ3n) is 5.97. The number of rotatable bonds is 8. The summed E-state index contributed by atoms with van der Waals surface area (Å²) in [6.45, 7) is 18.4. The molecule has 0 heterocycles. The largest absolute Gasteiger partial charge is 0.302 e. The Morgan fingerprint density at radius 3 is 2.50 bits per heavy atom. The van der Waals surface area contributed by atoms with Crippen molar-refractivity contribution < 1.29 is 0 Å². The molecule has 0 aliphatic heterocycles. The molecule has 0 aromatic heterocycles. The van der Waals surface area contributed by atoms with Crippen LogP contribution in [0.1, 0.15) is 80.6 Å². The van der Waals surface area contributed by atoms with E-state index in [1.807, 2.05) is 7.05 Å². The zero-order chi connectivity index (χ0) is 20.0. The topological polar surface area (TPSA) is 15.6 Å². The molecule has 0 radical (unpaired) electrons. The van der Waals surface area contributed by atoms with E-state index in [9.17, 15) is 0 Å². The molecule has 2 nitrogen and oxygen atoms in total. The molecule has 1 atom stereocenters. The van der Waals surface area contributed by atoms with Gasteiger partial charge in [-0.1, -0.05) is 53.7 Å². The first-order valence-corrected chi connectivity index (χ1v) is 10.6. The molecular weight excluding hydrogens is 316 g/mol. The van der Waals surface area contributed by atoms with Crippen LogP contribution in [0.25, 0.3) is 0 Å². The van der Waals surface area contributed by atoms with Gasteiger partial charge in [0.25, 0.3) is 0 Å². The summed E-state index contributed by atoms with van der Waals surface area (Å²) in [5.74, 6) is 0.658. The average molecular weight is 361 g/mol. The summed E-state index contributed by atoms with van der Waals surface area (Å²) >= 11 is 0. The van der Waals surface area contributed by atoms with Gasteiger partial charge in [0.05, 0.1) is 5.71 Å². The van der Waals surface area contributed by atoms with Crippen LogP contribution in [0.3, 0.4) is 0 Å². The van der Waals surface area contributed by atoms with Crippen LogP contribution in [0.5, 0.6) is 0 Å². The Kier molecular flexibility index (Phi) is 8.79. The molecule has 1 aliphatic rings. The maximum absolute atomic E-state index is 4.73. The minimum Gasteiger partial charge on any atom is -0.302 e. The lowest BCUT2D eigenvalue weighted by molar-refractivity contribution is 0.220. The Morgan fingerprint density at radius 2 is 2.00 bits per heavy atom. The molecule has 1 unspecified atom stereocenters. The number of hydrogen-bond donors (Lipinski definition) is 0. The van der Waals surface area contributed by atoms with Gasteiger partial charge in [-0.2, -0.15) is 0 Å². The lowest BCUT2D eigenvalue weighted by atomic mass is 9.68. The summed E-state index contributed by atoms with van der Waals surface area (Å²) in [7, 11) is 4.20. The highest BCUT2D eigenvalue weighted by Crippen LogP contribution is 2.41. The van der Waals surface area contributed by atoms with Gasteiger partial charge in [0, 0.05) is 13.6 Å². The van der Waals surface area contributed by atoms with Gasteiger partial charge < -0.3 is 4.90 Å². The number of hydrogen-bond acceptors (Lipinski definition) is 2. The van der Waals surface area contributed by atoms with Crippen molar-refractivity contribution in [2.75, 3.05) is 27.2 Å². The van der Waals surface area contributed by atoms with Gasteiger partial charge in [-0.05, 0) is 80.5 Å². The standard InChI is InChI=1S/C24H44N2/c1-10-19(18-26(9)16-12-14-23(3,4)5)22(25-8)20-13-15-24(6,7)21(11-2)17-20/h10,17,21H,11-16,18H2,1-9H3/b19-10-,25-22+. The summed E-state index contributed by atoms with van der Waals surface area (Å²) in [5.41, 5.74) is 4.93. The van der Waals surface area contributed by atoms with E-state index < -0.39 is 0 Å². The minimum absolute atomic E-state index is 0.414. The van der Waals surface area contributed by atoms with E-state index in [2.05, 4.69) is 72.6 Å². The molecule has 0 N–H and O–H groups in total. The molecule has 2 heteroatoms. The van der Waals surface area contributed by atoms with Crippen molar-refractivity contribution in [3.8, 4) is 0 Å². The maximum Gasteiger partial charge on any atom is 0.0641 e. The highest BCUT2D eigenvalue weighted by molar-refractivity contribution is 6.12. The van der Waals surface area contributed by atoms with Crippen molar-refractivity contribution in [2.24, 2.45) is 21.7 Å². The highest BCUT2D eigenvalue weighted by atomic mass is 15.1. The van der Waals surface area contributed by atoms with Crippen molar-refractivity contribution in [2.45, 2.75) is 80.6 Å². The van der Waals surface area contributed by atoms with E-state index in [1.165, 1.54) is 42.5 Å². The van der Waals surface area contributed by atoms with Crippen LogP contribution >= 0.6 is 0 Å². The zero-order valence-corrected chi connectivity index (χ0v) is 19.1. The van der Waals surface area contributed by atoms with Gasteiger partial charge in [-0.3, -0.25) is 4.99 Å². The molecule has 0 fully saturated rings. The van der Waals surface area contributed by atoms with Crippen LogP contribution < -0.4 is 0 Å². The molecule has 0 bridgehead atoms. The van der Waals surface area contributed by atoms with Crippen LogP contribution in [0.2, 0.25) is 0 Å². The van der Waals surface area contributed by atoms with Crippen molar-refractivity contribution >= 4 is 5.71 Å². The van der Waals surface area contributed by atoms with Gasteiger partial charge in [0.2, 0.25) is 0 Å². The van der Waals surface area contributed by atoms with Gasteiger partial charge in [0.15, 0.2) is 0 Å². The fourth-order valence-corrected chi connectivity index (χ4v) is 4.11. The van der Waals surface area contributed by atoms with Crippen LogP contribution in [-0.4, -0.2) is 37.8 Å². The first kappa shape index (κ1) is 23.1. The Balaban J connectivity index is 2.80. The molecule has 0 aromatic carbocycles. The van der Waals surface area contributed by atoms with Gasteiger partial charge in [-0.15, -0.1) is 0 Å². The fourth-order valence-electron chi connectivity index (χ4n) is 4.11. The summed E-state index contributed by atoms with van der Waals surface area (Å²) in [6, 6.07) is 0. The average Bonchev–Trinajstić information content (AvgIpc) is 2.54. The highest BCUT2D eigenvalue weighted by Gasteiger charge is 2.32. The van der Waals surface area contributed by atoms with Crippen molar-refractivity contribution in [3.63, 3.8) is 0 Å². The minimum atomic E-state index is 0.414. The normalized spacial score (nSPS) is 21.9. The van der Waals surface area contributed by atoms with Crippen molar-refractivity contribution in [3.05, 3.63) is 23.3 Å². The Hall–Kier alpha value is -0.890. The smallest absolute Gasteiger partial charge is 0.0641 e. The Bertz CT molecular complexity index is 529. The lowest BCUT2D eigenvalue weighted by Crippen LogP contribution is -2.30. The first-order chi connectivity index (χ1) is 12.0. The van der Waals surface area contributed by atoms with E-state index >= 15 is 0 Å². The van der Waals surface area contributed by atoms with Crippen LogP contribution in [0.15, 0.2) is 28.3 Å². The molecule has 0 saturated heterocycles. The van der Waals surface area contributed by atoms with E-state index in [0.29, 0.717) is 16.7 Å². The van der Waals surface area contributed by atoms with Crippen LogP contribution in [-0.2, 0) is 0 Å². The molecule has 150 valence electrons. The van der Waals surface area contributed by atoms with E-state index in [-0.39, 0.29) is 0 Å². The molecule has 0 spiro atoms. The second-order valence-corrected chi connectivity index (χ2v) is 9.98. The molecule has 1 rings (SSSR count). The maximum atomic E-state index is 4.73. The second kappa shape index (κ2) is 9.88. The Morgan fingerprint density at radius 1 is 1.35 bits per heavy atom. The predicted octanol–water partition coefficient (Wildman–Crippen LogP) is 6.53. The number of likely N-dealkylation sites (N-methyl/N-ethyl adjacent to an activating group) is 1. The number of allylic oxidation sites excluding steroid dienone is 3. The van der Waals surface area contributed by atoms with Gasteiger partial charge >= 0.3 is 0 Å². The van der Waals surface area contributed by atoms with Crippen molar-refractivity contribution in [1.29, 1.82) is 0 Å². The lowest BCUT2D eigenvalue weighted by Gasteiger charge is -2.37. The first-order valence-electron chi connectivity index (χ1n) is 10.6.